The summed E-state index contributed by atoms with van der Waals surface area (Å²) in [5, 5.41) is 0. The van der Waals surface area contributed by atoms with E-state index in [9.17, 15) is 9.18 Å². The van der Waals surface area contributed by atoms with E-state index in [4.69, 9.17) is 14.2 Å². The molecule has 130 valence electrons. The molecule has 2 aromatic rings. The van der Waals surface area contributed by atoms with Gasteiger partial charge in [-0.05, 0) is 54.3 Å². The SMILES string of the molecule is COc1cc(/C=C2\CCc3ccc(F)cc3C2=O)cc(OC)c1OC. The van der Waals surface area contributed by atoms with Crippen LogP contribution >= 0.6 is 0 Å². The molecule has 0 heterocycles. The van der Waals surface area contributed by atoms with Crippen LogP contribution in [0.5, 0.6) is 17.2 Å². The van der Waals surface area contributed by atoms with Crippen LogP contribution in [0.3, 0.4) is 0 Å². The zero-order chi connectivity index (χ0) is 18.0. The Labute approximate surface area is 145 Å². The molecule has 0 spiro atoms. The molecule has 0 atom stereocenters. The first kappa shape index (κ1) is 17.0. The first-order chi connectivity index (χ1) is 12.1. The van der Waals surface area contributed by atoms with E-state index in [0.717, 1.165) is 11.1 Å². The molecule has 3 rings (SSSR count). The highest BCUT2D eigenvalue weighted by Crippen LogP contribution is 2.39. The van der Waals surface area contributed by atoms with Crippen LogP contribution in [0.15, 0.2) is 35.9 Å². The van der Waals surface area contributed by atoms with Crippen LogP contribution in [-0.2, 0) is 6.42 Å². The molecule has 0 unspecified atom stereocenters. The standard InChI is InChI=1S/C20H19FO4/c1-23-17-9-12(10-18(24-2)20(17)25-3)8-14-5-4-13-6-7-15(21)11-16(13)19(14)22/h6-11H,4-5H2,1-3H3/b14-8+. The summed E-state index contributed by atoms with van der Waals surface area (Å²) >= 11 is 0. The van der Waals surface area contributed by atoms with Gasteiger partial charge in [0.25, 0.3) is 0 Å². The number of Topliss-reactive ketones (excluding diaryl/α,β-unsaturated/α-hetero) is 1. The van der Waals surface area contributed by atoms with Crippen LogP contribution in [0, 0.1) is 5.82 Å². The highest BCUT2D eigenvalue weighted by atomic mass is 19.1. The minimum atomic E-state index is -0.402. The minimum absolute atomic E-state index is 0.144. The van der Waals surface area contributed by atoms with Crippen molar-refractivity contribution in [2.24, 2.45) is 0 Å². The van der Waals surface area contributed by atoms with E-state index in [-0.39, 0.29) is 5.78 Å². The van der Waals surface area contributed by atoms with Crippen LogP contribution < -0.4 is 14.2 Å². The number of benzene rings is 2. The summed E-state index contributed by atoms with van der Waals surface area (Å²) < 4.78 is 29.5. The molecule has 0 radical (unpaired) electrons. The fourth-order valence-corrected chi connectivity index (χ4v) is 3.06. The molecule has 0 aromatic heterocycles. The van der Waals surface area contributed by atoms with Gasteiger partial charge in [0, 0.05) is 11.1 Å². The van der Waals surface area contributed by atoms with E-state index in [1.54, 1.807) is 38.5 Å². The third-order valence-electron chi connectivity index (χ3n) is 4.30. The quantitative estimate of drug-likeness (QED) is 0.786. The number of carbonyl (C=O) groups excluding carboxylic acids is 1. The normalized spacial score (nSPS) is 15.0. The first-order valence-electron chi connectivity index (χ1n) is 7.91. The zero-order valence-electron chi connectivity index (χ0n) is 14.4. The predicted octanol–water partition coefficient (Wildman–Crippen LogP) is 4.06. The van der Waals surface area contributed by atoms with E-state index < -0.39 is 5.82 Å². The van der Waals surface area contributed by atoms with Crippen LogP contribution in [0.2, 0.25) is 0 Å². The van der Waals surface area contributed by atoms with Crippen molar-refractivity contribution >= 4 is 11.9 Å². The van der Waals surface area contributed by atoms with Crippen LogP contribution in [0.25, 0.3) is 6.08 Å². The molecular formula is C20H19FO4. The Kier molecular flexibility index (Phi) is 4.74. The zero-order valence-corrected chi connectivity index (χ0v) is 14.4. The molecule has 5 heteroatoms. The van der Waals surface area contributed by atoms with Gasteiger partial charge in [-0.2, -0.15) is 0 Å². The maximum atomic E-state index is 13.5. The molecule has 1 aliphatic rings. The number of fused-ring (bicyclic) bond motifs is 1. The van der Waals surface area contributed by atoms with Crippen molar-refractivity contribution in [2.75, 3.05) is 21.3 Å². The van der Waals surface area contributed by atoms with Crippen molar-refractivity contribution < 1.29 is 23.4 Å². The number of ether oxygens (including phenoxy) is 3. The summed E-state index contributed by atoms with van der Waals surface area (Å²) in [5.41, 5.74) is 2.71. The highest BCUT2D eigenvalue weighted by Gasteiger charge is 2.23. The van der Waals surface area contributed by atoms with Gasteiger partial charge in [0.1, 0.15) is 5.82 Å². The average molecular weight is 342 g/mol. The average Bonchev–Trinajstić information content (AvgIpc) is 2.63. The molecule has 0 N–H and O–H groups in total. The largest absolute Gasteiger partial charge is 0.493 e. The molecular weight excluding hydrogens is 323 g/mol. The lowest BCUT2D eigenvalue weighted by Gasteiger charge is -2.18. The fourth-order valence-electron chi connectivity index (χ4n) is 3.06. The minimum Gasteiger partial charge on any atom is -0.493 e. The Morgan fingerprint density at radius 1 is 0.960 bits per heavy atom. The van der Waals surface area contributed by atoms with Crippen molar-refractivity contribution in [1.82, 2.24) is 0 Å². The summed E-state index contributed by atoms with van der Waals surface area (Å²) in [6.07, 6.45) is 3.10. The second-order valence-electron chi connectivity index (χ2n) is 5.76. The molecule has 0 aliphatic heterocycles. The van der Waals surface area contributed by atoms with Crippen molar-refractivity contribution in [2.45, 2.75) is 12.8 Å². The second kappa shape index (κ2) is 6.97. The first-order valence-corrected chi connectivity index (χ1v) is 7.91. The summed E-state index contributed by atoms with van der Waals surface area (Å²) in [5.74, 6) is 0.983. The molecule has 0 saturated heterocycles. The van der Waals surface area contributed by atoms with Gasteiger partial charge in [-0.1, -0.05) is 6.07 Å². The van der Waals surface area contributed by atoms with E-state index in [1.165, 1.54) is 19.2 Å². The van der Waals surface area contributed by atoms with Gasteiger partial charge in [-0.15, -0.1) is 0 Å². The van der Waals surface area contributed by atoms with E-state index in [0.29, 0.717) is 41.2 Å². The second-order valence-corrected chi connectivity index (χ2v) is 5.76. The Morgan fingerprint density at radius 2 is 1.64 bits per heavy atom. The summed E-state index contributed by atoms with van der Waals surface area (Å²) in [4.78, 5) is 12.7. The number of hydrogen-bond acceptors (Lipinski definition) is 4. The third kappa shape index (κ3) is 3.22. The Balaban J connectivity index is 2.02. The van der Waals surface area contributed by atoms with Crippen LogP contribution in [0.4, 0.5) is 4.39 Å². The number of hydrogen-bond donors (Lipinski definition) is 0. The van der Waals surface area contributed by atoms with Gasteiger partial charge < -0.3 is 14.2 Å². The molecule has 4 nitrogen and oxygen atoms in total. The van der Waals surface area contributed by atoms with Gasteiger partial charge in [-0.3, -0.25) is 4.79 Å². The number of ketones is 1. The van der Waals surface area contributed by atoms with Crippen molar-refractivity contribution in [1.29, 1.82) is 0 Å². The van der Waals surface area contributed by atoms with Crippen LogP contribution in [0.1, 0.15) is 27.9 Å². The maximum absolute atomic E-state index is 13.5. The van der Waals surface area contributed by atoms with Gasteiger partial charge in [0.2, 0.25) is 5.75 Å². The van der Waals surface area contributed by atoms with Gasteiger partial charge >= 0.3 is 0 Å². The van der Waals surface area contributed by atoms with Crippen molar-refractivity contribution in [3.05, 3.63) is 58.4 Å². The molecule has 0 saturated carbocycles. The van der Waals surface area contributed by atoms with E-state index in [2.05, 4.69) is 0 Å². The lowest BCUT2D eigenvalue weighted by molar-refractivity contribution is 0.102. The Bertz CT molecular complexity index is 830. The number of rotatable bonds is 4. The topological polar surface area (TPSA) is 44.8 Å². The maximum Gasteiger partial charge on any atom is 0.203 e. The van der Waals surface area contributed by atoms with Crippen molar-refractivity contribution in [3.63, 3.8) is 0 Å². The number of halogens is 1. The predicted molar refractivity (Wildman–Crippen MR) is 93.1 cm³/mol. The third-order valence-corrected chi connectivity index (χ3v) is 4.30. The molecule has 0 bridgehead atoms. The lowest BCUT2D eigenvalue weighted by Crippen LogP contribution is -2.14. The Morgan fingerprint density at radius 3 is 2.24 bits per heavy atom. The molecule has 0 amide bonds. The molecule has 0 fully saturated rings. The summed E-state index contributed by atoms with van der Waals surface area (Å²) in [6.45, 7) is 0. The number of allylic oxidation sites excluding steroid dienone is 1. The highest BCUT2D eigenvalue weighted by molar-refractivity contribution is 6.13. The Hall–Kier alpha value is -2.82. The van der Waals surface area contributed by atoms with E-state index >= 15 is 0 Å². The monoisotopic (exact) mass is 342 g/mol. The molecule has 2 aromatic carbocycles. The summed E-state index contributed by atoms with van der Waals surface area (Å²) in [7, 11) is 4.62. The lowest BCUT2D eigenvalue weighted by atomic mass is 9.86. The number of methoxy groups -OCH3 is 3. The van der Waals surface area contributed by atoms with Crippen molar-refractivity contribution in [3.8, 4) is 17.2 Å². The summed E-state index contributed by atoms with van der Waals surface area (Å²) in [6, 6.07) is 7.93. The number of carbonyl (C=O) groups is 1. The van der Waals surface area contributed by atoms with Gasteiger partial charge in [0.05, 0.1) is 21.3 Å². The molecule has 25 heavy (non-hydrogen) atoms. The van der Waals surface area contributed by atoms with Gasteiger partial charge in [0.15, 0.2) is 17.3 Å². The van der Waals surface area contributed by atoms with Crippen LogP contribution in [-0.4, -0.2) is 27.1 Å². The van der Waals surface area contributed by atoms with Gasteiger partial charge in [-0.25, -0.2) is 4.39 Å². The molecule has 1 aliphatic carbocycles. The smallest absolute Gasteiger partial charge is 0.203 e. The fraction of sp³-hybridized carbons (Fsp3) is 0.250. The van der Waals surface area contributed by atoms with E-state index in [1.807, 2.05) is 0 Å². The number of aryl methyl sites for hydroxylation is 1.